The van der Waals surface area contributed by atoms with Crippen LogP contribution in [0.15, 0.2) is 29.9 Å². The molecule has 86 valence electrons. The Morgan fingerprint density at radius 3 is 3.18 bits per heavy atom. The van der Waals surface area contributed by atoms with Gasteiger partial charge in [0.15, 0.2) is 0 Å². The third kappa shape index (κ3) is 2.14. The van der Waals surface area contributed by atoms with Gasteiger partial charge in [-0.15, -0.1) is 11.3 Å². The van der Waals surface area contributed by atoms with Crippen molar-refractivity contribution in [3.8, 4) is 5.75 Å². The maximum absolute atomic E-state index is 5.68. The lowest BCUT2D eigenvalue weighted by Crippen LogP contribution is -1.95. The van der Waals surface area contributed by atoms with Crippen molar-refractivity contribution in [1.29, 1.82) is 0 Å². The van der Waals surface area contributed by atoms with Crippen LogP contribution in [0.25, 0.3) is 11.0 Å². The summed E-state index contributed by atoms with van der Waals surface area (Å²) in [6.45, 7) is 2.49. The molecule has 0 amide bonds. The number of thiazole rings is 1. The van der Waals surface area contributed by atoms with E-state index >= 15 is 0 Å². The van der Waals surface area contributed by atoms with E-state index in [0.29, 0.717) is 6.61 Å². The first-order valence-electron chi connectivity index (χ1n) is 5.28. The average molecular weight is 245 g/mol. The molecule has 0 aliphatic heterocycles. The zero-order valence-corrected chi connectivity index (χ0v) is 10.1. The van der Waals surface area contributed by atoms with Crippen LogP contribution in [0.1, 0.15) is 10.7 Å². The zero-order valence-electron chi connectivity index (χ0n) is 9.30. The Morgan fingerprint density at radius 1 is 1.41 bits per heavy atom. The second kappa shape index (κ2) is 4.18. The highest BCUT2D eigenvalue weighted by molar-refractivity contribution is 7.09. The van der Waals surface area contributed by atoms with Crippen molar-refractivity contribution in [1.82, 2.24) is 15.0 Å². The van der Waals surface area contributed by atoms with E-state index in [1.807, 2.05) is 30.5 Å². The molecule has 0 spiro atoms. The topological polar surface area (TPSA) is 50.8 Å². The molecule has 17 heavy (non-hydrogen) atoms. The van der Waals surface area contributed by atoms with Gasteiger partial charge in [0.25, 0.3) is 0 Å². The van der Waals surface area contributed by atoms with E-state index in [4.69, 9.17) is 4.74 Å². The van der Waals surface area contributed by atoms with E-state index in [1.54, 1.807) is 17.7 Å². The van der Waals surface area contributed by atoms with E-state index in [2.05, 4.69) is 15.0 Å². The van der Waals surface area contributed by atoms with Gasteiger partial charge < -0.3 is 9.72 Å². The number of nitrogens with zero attached hydrogens (tertiary/aromatic N) is 2. The first kappa shape index (κ1) is 10.3. The third-order valence-corrected chi connectivity index (χ3v) is 3.27. The van der Waals surface area contributed by atoms with Gasteiger partial charge in [-0.2, -0.15) is 0 Å². The summed E-state index contributed by atoms with van der Waals surface area (Å²) >= 11 is 1.64. The maximum atomic E-state index is 5.68. The van der Waals surface area contributed by atoms with Crippen LogP contribution in [-0.4, -0.2) is 15.0 Å². The molecule has 0 saturated carbocycles. The molecule has 2 aromatic heterocycles. The van der Waals surface area contributed by atoms with Crippen LogP contribution in [0.4, 0.5) is 0 Å². The molecular formula is C12H11N3OS. The lowest BCUT2D eigenvalue weighted by molar-refractivity contribution is 0.302. The van der Waals surface area contributed by atoms with Gasteiger partial charge in [0, 0.05) is 11.4 Å². The summed E-state index contributed by atoms with van der Waals surface area (Å²) in [6.07, 6.45) is 1.68. The lowest BCUT2D eigenvalue weighted by Gasteiger charge is -2.03. The van der Waals surface area contributed by atoms with E-state index in [9.17, 15) is 0 Å². The van der Waals surface area contributed by atoms with Gasteiger partial charge in [-0.25, -0.2) is 9.97 Å². The fourth-order valence-electron chi connectivity index (χ4n) is 1.64. The number of hydrogen-bond acceptors (Lipinski definition) is 4. The zero-order chi connectivity index (χ0) is 11.7. The normalized spacial score (nSPS) is 10.9. The average Bonchev–Trinajstić information content (AvgIpc) is 2.94. The Bertz CT molecular complexity index is 644. The van der Waals surface area contributed by atoms with Crippen molar-refractivity contribution in [2.24, 2.45) is 0 Å². The van der Waals surface area contributed by atoms with Gasteiger partial charge in [0.2, 0.25) is 0 Å². The first-order valence-corrected chi connectivity index (χ1v) is 6.16. The third-order valence-electron chi connectivity index (χ3n) is 2.44. The second-order valence-electron chi connectivity index (χ2n) is 3.73. The van der Waals surface area contributed by atoms with Crippen molar-refractivity contribution < 1.29 is 4.74 Å². The van der Waals surface area contributed by atoms with Crippen molar-refractivity contribution in [3.63, 3.8) is 0 Å². The minimum Gasteiger partial charge on any atom is -0.487 e. The fourth-order valence-corrected chi connectivity index (χ4v) is 2.23. The number of hydrogen-bond donors (Lipinski definition) is 1. The number of aryl methyl sites for hydroxylation is 1. The van der Waals surface area contributed by atoms with E-state index < -0.39 is 0 Å². The monoisotopic (exact) mass is 245 g/mol. The Morgan fingerprint density at radius 2 is 2.35 bits per heavy atom. The summed E-state index contributed by atoms with van der Waals surface area (Å²) in [6, 6.07) is 5.80. The van der Waals surface area contributed by atoms with Crippen molar-refractivity contribution in [3.05, 3.63) is 40.6 Å². The molecule has 1 N–H and O–H groups in total. The first-order chi connectivity index (χ1) is 8.31. The minimum atomic E-state index is 0.504. The highest BCUT2D eigenvalue weighted by Crippen LogP contribution is 2.19. The second-order valence-corrected chi connectivity index (χ2v) is 4.79. The Balaban J connectivity index is 1.76. The van der Waals surface area contributed by atoms with Crippen LogP contribution in [0.5, 0.6) is 5.75 Å². The summed E-state index contributed by atoms with van der Waals surface area (Å²) < 4.78 is 5.68. The molecule has 0 bridgehead atoms. The number of nitrogens with one attached hydrogen (secondary N) is 1. The van der Waals surface area contributed by atoms with Gasteiger partial charge in [0.1, 0.15) is 12.4 Å². The van der Waals surface area contributed by atoms with Crippen LogP contribution >= 0.6 is 11.3 Å². The van der Waals surface area contributed by atoms with Crippen LogP contribution in [0, 0.1) is 6.92 Å². The number of benzene rings is 1. The molecule has 1 aromatic carbocycles. The minimum absolute atomic E-state index is 0.504. The number of fused-ring (bicyclic) bond motifs is 1. The predicted octanol–water partition coefficient (Wildman–Crippen LogP) is 2.91. The molecule has 0 atom stereocenters. The molecule has 0 fully saturated rings. The molecule has 4 nitrogen and oxygen atoms in total. The molecular weight excluding hydrogens is 234 g/mol. The summed E-state index contributed by atoms with van der Waals surface area (Å²) in [7, 11) is 0. The number of aromatic nitrogens is 3. The molecule has 3 aromatic rings. The summed E-state index contributed by atoms with van der Waals surface area (Å²) in [4.78, 5) is 11.6. The van der Waals surface area contributed by atoms with Gasteiger partial charge in [-0.1, -0.05) is 0 Å². The van der Waals surface area contributed by atoms with Gasteiger partial charge in [0.05, 0.1) is 28.1 Å². The lowest BCUT2D eigenvalue weighted by atomic mass is 10.3. The van der Waals surface area contributed by atoms with Gasteiger partial charge in [-0.3, -0.25) is 0 Å². The Kier molecular flexibility index (Phi) is 2.53. The highest BCUT2D eigenvalue weighted by Gasteiger charge is 2.02. The Hall–Kier alpha value is -1.88. The van der Waals surface area contributed by atoms with Crippen LogP contribution < -0.4 is 4.74 Å². The van der Waals surface area contributed by atoms with Crippen molar-refractivity contribution >= 4 is 22.4 Å². The standard InChI is InChI=1S/C12H11N3OS/c1-8-15-9(6-17-8)5-16-10-2-3-11-12(4-10)14-7-13-11/h2-4,6-7H,5H2,1H3,(H,13,14). The van der Waals surface area contributed by atoms with Gasteiger partial charge in [-0.05, 0) is 19.1 Å². The molecule has 2 heterocycles. The van der Waals surface area contributed by atoms with E-state index in [1.165, 1.54) is 0 Å². The number of imidazole rings is 1. The van der Waals surface area contributed by atoms with Gasteiger partial charge >= 0.3 is 0 Å². The number of H-pyrrole nitrogens is 1. The maximum Gasteiger partial charge on any atom is 0.131 e. The smallest absolute Gasteiger partial charge is 0.131 e. The summed E-state index contributed by atoms with van der Waals surface area (Å²) in [5.41, 5.74) is 2.90. The summed E-state index contributed by atoms with van der Waals surface area (Å²) in [5.74, 6) is 0.826. The number of rotatable bonds is 3. The number of ether oxygens (including phenoxy) is 1. The molecule has 0 saturated heterocycles. The quantitative estimate of drug-likeness (QED) is 0.772. The van der Waals surface area contributed by atoms with E-state index in [0.717, 1.165) is 27.5 Å². The fraction of sp³-hybridized carbons (Fsp3) is 0.167. The highest BCUT2D eigenvalue weighted by atomic mass is 32.1. The molecule has 5 heteroatoms. The summed E-state index contributed by atoms with van der Waals surface area (Å²) in [5, 5.41) is 3.08. The molecule has 0 radical (unpaired) electrons. The van der Waals surface area contributed by atoms with Crippen molar-refractivity contribution in [2.75, 3.05) is 0 Å². The SMILES string of the molecule is Cc1nc(COc2ccc3nc[nH]c3c2)cs1. The predicted molar refractivity (Wildman–Crippen MR) is 67.3 cm³/mol. The molecule has 0 unspecified atom stereocenters. The molecule has 0 aliphatic carbocycles. The Labute approximate surface area is 102 Å². The van der Waals surface area contributed by atoms with E-state index in [-0.39, 0.29) is 0 Å². The largest absolute Gasteiger partial charge is 0.487 e. The number of aromatic amines is 1. The van der Waals surface area contributed by atoms with Crippen LogP contribution in [0.2, 0.25) is 0 Å². The molecule has 3 rings (SSSR count). The molecule has 0 aliphatic rings. The van der Waals surface area contributed by atoms with Crippen LogP contribution in [-0.2, 0) is 6.61 Å². The van der Waals surface area contributed by atoms with Crippen LogP contribution in [0.3, 0.4) is 0 Å². The van der Waals surface area contributed by atoms with Crippen molar-refractivity contribution in [2.45, 2.75) is 13.5 Å².